The standard InChI is InChI=1S/C20H30N2O3/c1-16-6-7-17(14-18(16)24-2)19(23)21-15-20(8-4-3-5-9-20)22-10-12-25-13-11-22/h6-7,14H,3-5,8-13,15H2,1-2H3,(H,21,23). The zero-order valence-corrected chi connectivity index (χ0v) is 15.5. The predicted octanol–water partition coefficient (Wildman–Crippen LogP) is 2.77. The minimum absolute atomic E-state index is 0.0171. The summed E-state index contributed by atoms with van der Waals surface area (Å²) < 4.78 is 10.9. The van der Waals surface area contributed by atoms with Crippen LogP contribution in [0, 0.1) is 6.92 Å². The van der Waals surface area contributed by atoms with Gasteiger partial charge in [0.15, 0.2) is 0 Å². The summed E-state index contributed by atoms with van der Waals surface area (Å²) in [6.07, 6.45) is 6.10. The lowest BCUT2D eigenvalue weighted by Crippen LogP contribution is -2.59. The van der Waals surface area contributed by atoms with Crippen molar-refractivity contribution in [3.63, 3.8) is 0 Å². The highest BCUT2D eigenvalue weighted by atomic mass is 16.5. The van der Waals surface area contributed by atoms with E-state index in [2.05, 4.69) is 10.2 Å². The summed E-state index contributed by atoms with van der Waals surface area (Å²) in [6, 6.07) is 5.63. The Morgan fingerprint density at radius 2 is 1.96 bits per heavy atom. The number of carbonyl (C=O) groups is 1. The van der Waals surface area contributed by atoms with E-state index in [-0.39, 0.29) is 11.4 Å². The van der Waals surface area contributed by atoms with Gasteiger partial charge in [0.1, 0.15) is 5.75 Å². The summed E-state index contributed by atoms with van der Waals surface area (Å²) in [6.45, 7) is 6.22. The third-order valence-electron chi connectivity index (χ3n) is 5.71. The third-order valence-corrected chi connectivity index (χ3v) is 5.71. The lowest BCUT2D eigenvalue weighted by molar-refractivity contribution is -0.0361. The molecule has 1 heterocycles. The average molecular weight is 346 g/mol. The quantitative estimate of drug-likeness (QED) is 0.891. The van der Waals surface area contributed by atoms with Gasteiger partial charge in [-0.15, -0.1) is 0 Å². The van der Waals surface area contributed by atoms with Crippen molar-refractivity contribution in [3.05, 3.63) is 29.3 Å². The molecule has 1 amide bonds. The number of amides is 1. The molecule has 1 aromatic rings. The maximum atomic E-state index is 12.7. The Hall–Kier alpha value is -1.59. The van der Waals surface area contributed by atoms with Gasteiger partial charge >= 0.3 is 0 Å². The molecule has 1 aromatic carbocycles. The van der Waals surface area contributed by atoms with E-state index in [1.807, 2.05) is 25.1 Å². The number of aryl methyl sites for hydroxylation is 1. The molecule has 1 aliphatic heterocycles. The van der Waals surface area contributed by atoms with E-state index in [1.165, 1.54) is 19.3 Å². The summed E-state index contributed by atoms with van der Waals surface area (Å²) in [7, 11) is 1.64. The number of hydrogen-bond donors (Lipinski definition) is 1. The highest BCUT2D eigenvalue weighted by molar-refractivity contribution is 5.94. The van der Waals surface area contributed by atoms with Crippen molar-refractivity contribution >= 4 is 5.91 Å². The average Bonchev–Trinajstić information content (AvgIpc) is 2.68. The van der Waals surface area contributed by atoms with Gasteiger partial charge in [-0.2, -0.15) is 0 Å². The molecule has 0 radical (unpaired) electrons. The number of ether oxygens (including phenoxy) is 2. The Kier molecular flexibility index (Phi) is 5.97. The maximum Gasteiger partial charge on any atom is 0.251 e. The molecule has 1 saturated carbocycles. The molecule has 5 nitrogen and oxygen atoms in total. The van der Waals surface area contributed by atoms with E-state index < -0.39 is 0 Å². The Labute approximate surface area is 150 Å². The molecule has 1 aliphatic carbocycles. The smallest absolute Gasteiger partial charge is 0.251 e. The van der Waals surface area contributed by atoms with Gasteiger partial charge in [-0.05, 0) is 37.5 Å². The topological polar surface area (TPSA) is 50.8 Å². The van der Waals surface area contributed by atoms with Crippen LogP contribution in [-0.2, 0) is 4.74 Å². The van der Waals surface area contributed by atoms with Crippen LogP contribution in [0.3, 0.4) is 0 Å². The fourth-order valence-corrected chi connectivity index (χ4v) is 4.16. The summed E-state index contributed by atoms with van der Waals surface area (Å²) in [5, 5.41) is 3.20. The Morgan fingerprint density at radius 1 is 1.24 bits per heavy atom. The Bertz CT molecular complexity index is 591. The lowest BCUT2D eigenvalue weighted by Gasteiger charge is -2.48. The highest BCUT2D eigenvalue weighted by Crippen LogP contribution is 2.34. The van der Waals surface area contributed by atoms with Crippen molar-refractivity contribution in [1.82, 2.24) is 10.2 Å². The van der Waals surface area contributed by atoms with E-state index >= 15 is 0 Å². The van der Waals surface area contributed by atoms with Crippen LogP contribution in [0.25, 0.3) is 0 Å². The van der Waals surface area contributed by atoms with Crippen molar-refractivity contribution in [2.75, 3.05) is 40.0 Å². The SMILES string of the molecule is COc1cc(C(=O)NCC2(N3CCOCC3)CCCCC2)ccc1C. The van der Waals surface area contributed by atoms with Gasteiger partial charge in [0, 0.05) is 30.7 Å². The number of nitrogens with one attached hydrogen (secondary N) is 1. The molecule has 138 valence electrons. The zero-order valence-electron chi connectivity index (χ0n) is 15.5. The van der Waals surface area contributed by atoms with Crippen LogP contribution < -0.4 is 10.1 Å². The van der Waals surface area contributed by atoms with Gasteiger partial charge in [-0.25, -0.2) is 0 Å². The van der Waals surface area contributed by atoms with Gasteiger partial charge in [0.25, 0.3) is 5.91 Å². The fraction of sp³-hybridized carbons (Fsp3) is 0.650. The number of hydrogen-bond acceptors (Lipinski definition) is 4. The van der Waals surface area contributed by atoms with Gasteiger partial charge in [-0.3, -0.25) is 9.69 Å². The van der Waals surface area contributed by atoms with Crippen LogP contribution in [0.1, 0.15) is 48.0 Å². The number of carbonyl (C=O) groups excluding carboxylic acids is 1. The van der Waals surface area contributed by atoms with Crippen LogP contribution in [0.4, 0.5) is 0 Å². The molecule has 2 aliphatic rings. The molecule has 2 fully saturated rings. The maximum absolute atomic E-state index is 12.7. The molecular weight excluding hydrogens is 316 g/mol. The van der Waals surface area contributed by atoms with Crippen molar-refractivity contribution in [1.29, 1.82) is 0 Å². The van der Waals surface area contributed by atoms with Gasteiger partial charge in [-0.1, -0.05) is 25.3 Å². The first kappa shape index (κ1) is 18.2. The van der Waals surface area contributed by atoms with E-state index in [4.69, 9.17) is 9.47 Å². The number of rotatable bonds is 5. The summed E-state index contributed by atoms with van der Waals surface area (Å²) in [5.74, 6) is 0.740. The predicted molar refractivity (Wildman–Crippen MR) is 98.3 cm³/mol. The molecule has 1 N–H and O–H groups in total. The van der Waals surface area contributed by atoms with Crippen LogP contribution in [0.2, 0.25) is 0 Å². The monoisotopic (exact) mass is 346 g/mol. The largest absolute Gasteiger partial charge is 0.496 e. The molecule has 1 saturated heterocycles. The van der Waals surface area contributed by atoms with Gasteiger partial charge < -0.3 is 14.8 Å². The van der Waals surface area contributed by atoms with E-state index in [9.17, 15) is 4.79 Å². The fourth-order valence-electron chi connectivity index (χ4n) is 4.16. The Balaban J connectivity index is 1.69. The van der Waals surface area contributed by atoms with Crippen molar-refractivity contribution in [3.8, 4) is 5.75 Å². The first-order chi connectivity index (χ1) is 12.1. The molecule has 0 unspecified atom stereocenters. The summed E-state index contributed by atoms with van der Waals surface area (Å²) in [4.78, 5) is 15.2. The number of nitrogens with zero attached hydrogens (tertiary/aromatic N) is 1. The molecular formula is C20H30N2O3. The molecule has 25 heavy (non-hydrogen) atoms. The number of benzene rings is 1. The molecule has 3 rings (SSSR count). The number of morpholine rings is 1. The molecule has 0 aromatic heterocycles. The van der Waals surface area contributed by atoms with Crippen LogP contribution >= 0.6 is 0 Å². The molecule has 0 bridgehead atoms. The molecule has 5 heteroatoms. The second-order valence-corrected chi connectivity index (χ2v) is 7.25. The minimum atomic E-state index is -0.0171. The summed E-state index contributed by atoms with van der Waals surface area (Å²) >= 11 is 0. The van der Waals surface area contributed by atoms with Gasteiger partial charge in [0.05, 0.1) is 20.3 Å². The first-order valence-corrected chi connectivity index (χ1v) is 9.40. The van der Waals surface area contributed by atoms with Crippen molar-refractivity contribution < 1.29 is 14.3 Å². The van der Waals surface area contributed by atoms with Gasteiger partial charge in [0.2, 0.25) is 0 Å². The minimum Gasteiger partial charge on any atom is -0.496 e. The zero-order chi connectivity index (χ0) is 17.7. The van der Waals surface area contributed by atoms with Crippen molar-refractivity contribution in [2.45, 2.75) is 44.6 Å². The first-order valence-electron chi connectivity index (χ1n) is 9.40. The second kappa shape index (κ2) is 8.19. The number of methoxy groups -OCH3 is 1. The second-order valence-electron chi connectivity index (χ2n) is 7.25. The van der Waals surface area contributed by atoms with Crippen LogP contribution in [0.5, 0.6) is 5.75 Å². The van der Waals surface area contributed by atoms with Crippen LogP contribution in [0.15, 0.2) is 18.2 Å². The van der Waals surface area contributed by atoms with E-state index in [0.717, 1.165) is 50.5 Å². The third kappa shape index (κ3) is 4.15. The van der Waals surface area contributed by atoms with Crippen LogP contribution in [-0.4, -0.2) is 56.3 Å². The molecule has 0 spiro atoms. The lowest BCUT2D eigenvalue weighted by atomic mass is 9.79. The molecule has 0 atom stereocenters. The normalized spacial score (nSPS) is 20.9. The van der Waals surface area contributed by atoms with E-state index in [1.54, 1.807) is 7.11 Å². The highest BCUT2D eigenvalue weighted by Gasteiger charge is 2.38. The summed E-state index contributed by atoms with van der Waals surface area (Å²) in [5.41, 5.74) is 1.79. The van der Waals surface area contributed by atoms with Crippen molar-refractivity contribution in [2.24, 2.45) is 0 Å². The van der Waals surface area contributed by atoms with E-state index in [0.29, 0.717) is 12.1 Å². The Morgan fingerprint density at radius 3 is 2.64 bits per heavy atom.